The fourth-order valence-electron chi connectivity index (χ4n) is 7.03. The molecular weight excluding hydrogens is 390 g/mol. The fraction of sp³-hybridized carbons (Fsp3) is 0.680. The number of nitrogens with zero attached hydrogens (tertiary/aromatic N) is 2. The molecule has 4 bridgehead atoms. The van der Waals surface area contributed by atoms with Gasteiger partial charge in [0.25, 0.3) is 0 Å². The molecule has 0 aromatic heterocycles. The van der Waals surface area contributed by atoms with Gasteiger partial charge in [-0.15, -0.1) is 0 Å². The summed E-state index contributed by atoms with van der Waals surface area (Å²) in [5.41, 5.74) is 1.50. The van der Waals surface area contributed by atoms with Gasteiger partial charge in [-0.1, -0.05) is 12.1 Å². The number of carbonyl (C=O) groups is 2. The Morgan fingerprint density at radius 3 is 2.32 bits per heavy atom. The lowest BCUT2D eigenvalue weighted by molar-refractivity contribution is -0.135. The first-order chi connectivity index (χ1) is 15.0. The molecule has 1 heterocycles. The summed E-state index contributed by atoms with van der Waals surface area (Å²) in [4.78, 5) is 29.5. The molecule has 2 atom stereocenters. The predicted molar refractivity (Wildman–Crippen MR) is 118 cm³/mol. The molecule has 2 unspecified atom stereocenters. The Hall–Kier alpha value is -2.08. The lowest BCUT2D eigenvalue weighted by Crippen LogP contribution is -2.51. The van der Waals surface area contributed by atoms with Crippen LogP contribution in [0, 0.1) is 23.2 Å². The Balaban J connectivity index is 1.03. The summed E-state index contributed by atoms with van der Waals surface area (Å²) < 4.78 is 5.21. The molecule has 6 heteroatoms. The van der Waals surface area contributed by atoms with E-state index in [4.69, 9.17) is 4.74 Å². The van der Waals surface area contributed by atoms with Gasteiger partial charge in [0.15, 0.2) is 0 Å². The molecule has 0 spiro atoms. The van der Waals surface area contributed by atoms with Crippen molar-refractivity contribution in [1.82, 2.24) is 15.1 Å². The third-order valence-electron chi connectivity index (χ3n) is 8.31. The van der Waals surface area contributed by atoms with E-state index < -0.39 is 0 Å². The second-order valence-corrected chi connectivity index (χ2v) is 10.4. The van der Waals surface area contributed by atoms with Crippen LogP contribution in [0.1, 0.15) is 44.1 Å². The Bertz CT molecular complexity index is 796. The van der Waals surface area contributed by atoms with Crippen molar-refractivity contribution < 1.29 is 14.3 Å². The lowest BCUT2D eigenvalue weighted by atomic mass is 9.67. The van der Waals surface area contributed by atoms with Crippen molar-refractivity contribution in [2.24, 2.45) is 23.2 Å². The van der Waals surface area contributed by atoms with E-state index in [0.717, 1.165) is 56.2 Å². The first kappa shape index (κ1) is 20.8. The third kappa shape index (κ3) is 4.45. The zero-order valence-electron chi connectivity index (χ0n) is 18.6. The maximum absolute atomic E-state index is 12.6. The average Bonchev–Trinajstić information content (AvgIpc) is 3.19. The minimum absolute atomic E-state index is 0.0470. The zero-order chi connectivity index (χ0) is 21.4. The number of amides is 2. The van der Waals surface area contributed by atoms with Gasteiger partial charge in [-0.2, -0.15) is 0 Å². The summed E-state index contributed by atoms with van der Waals surface area (Å²) in [7, 11) is 1.68. The molecule has 0 radical (unpaired) electrons. The van der Waals surface area contributed by atoms with Gasteiger partial charge in [0.2, 0.25) is 11.8 Å². The van der Waals surface area contributed by atoms with Gasteiger partial charge in [0.1, 0.15) is 5.75 Å². The van der Waals surface area contributed by atoms with Crippen LogP contribution >= 0.6 is 0 Å². The smallest absolute Gasteiger partial charge is 0.242 e. The molecule has 168 valence electrons. The summed E-state index contributed by atoms with van der Waals surface area (Å²) in [5.74, 6) is 3.61. The number of hydrogen-bond donors (Lipinski definition) is 1. The SMILES string of the molecule is COc1ccc(CN2CCN(C(=O)CNC(=O)CC34CC5CC(C3)C(C5)C4)CC2)cc1. The van der Waals surface area contributed by atoms with Crippen LogP contribution in [-0.4, -0.2) is 61.4 Å². The van der Waals surface area contributed by atoms with Crippen LogP contribution in [0.25, 0.3) is 0 Å². The number of piperazine rings is 1. The highest BCUT2D eigenvalue weighted by atomic mass is 16.5. The molecule has 5 aliphatic rings. The van der Waals surface area contributed by atoms with E-state index in [0.29, 0.717) is 6.42 Å². The largest absolute Gasteiger partial charge is 0.497 e. The first-order valence-corrected chi connectivity index (χ1v) is 11.9. The zero-order valence-corrected chi connectivity index (χ0v) is 18.6. The first-order valence-electron chi connectivity index (χ1n) is 11.9. The van der Waals surface area contributed by atoms with Gasteiger partial charge in [-0.25, -0.2) is 0 Å². The highest BCUT2D eigenvalue weighted by Crippen LogP contribution is 2.65. The lowest BCUT2D eigenvalue weighted by Gasteiger charge is -2.38. The van der Waals surface area contributed by atoms with Crippen molar-refractivity contribution >= 4 is 11.8 Å². The third-order valence-corrected chi connectivity index (χ3v) is 8.31. The molecule has 1 saturated heterocycles. The van der Waals surface area contributed by atoms with E-state index in [1.165, 1.54) is 37.7 Å². The molecule has 1 aliphatic heterocycles. The highest BCUT2D eigenvalue weighted by Gasteiger charge is 2.56. The molecule has 1 aromatic rings. The number of carbonyl (C=O) groups excluding carboxylic acids is 2. The monoisotopic (exact) mass is 425 g/mol. The molecule has 2 amide bonds. The standard InChI is InChI=1S/C25H35N3O3/c1-31-22-4-2-18(3-5-22)17-27-6-8-28(9-7-27)24(30)16-26-23(29)15-25-12-19-10-20(13-25)21(11-19)14-25/h2-5,19-21H,6-17H2,1H3,(H,26,29). The highest BCUT2D eigenvalue weighted by molar-refractivity contribution is 5.85. The van der Waals surface area contributed by atoms with Gasteiger partial charge in [0, 0.05) is 39.1 Å². The summed E-state index contributed by atoms with van der Waals surface area (Å²) in [6.45, 7) is 4.19. The van der Waals surface area contributed by atoms with Crippen LogP contribution in [0.4, 0.5) is 0 Å². The van der Waals surface area contributed by atoms with E-state index in [2.05, 4.69) is 22.3 Å². The normalized spacial score (nSPS) is 31.8. The molecule has 1 aromatic carbocycles. The Morgan fingerprint density at radius 2 is 1.71 bits per heavy atom. The summed E-state index contributed by atoms with van der Waals surface area (Å²) in [5, 5.41) is 2.94. The number of rotatable bonds is 7. The van der Waals surface area contributed by atoms with Gasteiger partial charge < -0.3 is 15.0 Å². The number of methoxy groups -OCH3 is 1. The second kappa shape index (κ2) is 8.45. The molecule has 6 rings (SSSR count). The molecule has 1 N–H and O–H groups in total. The Morgan fingerprint density at radius 1 is 1.03 bits per heavy atom. The Labute approximate surface area is 185 Å². The van der Waals surface area contributed by atoms with Crippen molar-refractivity contribution in [2.45, 2.75) is 45.1 Å². The van der Waals surface area contributed by atoms with E-state index in [1.807, 2.05) is 17.0 Å². The maximum Gasteiger partial charge on any atom is 0.242 e. The molecule has 5 fully saturated rings. The minimum Gasteiger partial charge on any atom is -0.497 e. The van der Waals surface area contributed by atoms with E-state index in [1.54, 1.807) is 7.11 Å². The topological polar surface area (TPSA) is 61.9 Å². The van der Waals surface area contributed by atoms with Crippen molar-refractivity contribution in [1.29, 1.82) is 0 Å². The van der Waals surface area contributed by atoms with E-state index >= 15 is 0 Å². The van der Waals surface area contributed by atoms with Crippen LogP contribution in [0.5, 0.6) is 5.75 Å². The van der Waals surface area contributed by atoms with Crippen molar-refractivity contribution in [3.05, 3.63) is 29.8 Å². The van der Waals surface area contributed by atoms with Gasteiger partial charge >= 0.3 is 0 Å². The van der Waals surface area contributed by atoms with Gasteiger partial charge in [0.05, 0.1) is 13.7 Å². The number of benzene rings is 1. The van der Waals surface area contributed by atoms with Crippen LogP contribution in [0.3, 0.4) is 0 Å². The minimum atomic E-state index is 0.0470. The van der Waals surface area contributed by atoms with Crippen LogP contribution in [0.15, 0.2) is 24.3 Å². The summed E-state index contributed by atoms with van der Waals surface area (Å²) in [6.07, 6.45) is 7.14. The fourth-order valence-corrected chi connectivity index (χ4v) is 7.03. The van der Waals surface area contributed by atoms with Crippen LogP contribution in [-0.2, 0) is 16.1 Å². The predicted octanol–water partition coefficient (Wildman–Crippen LogP) is 2.67. The van der Waals surface area contributed by atoms with Gasteiger partial charge in [-0.05, 0) is 73.0 Å². The molecule has 4 saturated carbocycles. The molecule has 6 nitrogen and oxygen atoms in total. The van der Waals surface area contributed by atoms with Crippen molar-refractivity contribution in [2.75, 3.05) is 39.8 Å². The quantitative estimate of drug-likeness (QED) is 0.730. The number of hydrogen-bond acceptors (Lipinski definition) is 4. The van der Waals surface area contributed by atoms with Crippen molar-refractivity contribution in [3.63, 3.8) is 0 Å². The van der Waals surface area contributed by atoms with E-state index in [-0.39, 0.29) is 23.8 Å². The van der Waals surface area contributed by atoms with E-state index in [9.17, 15) is 9.59 Å². The number of ether oxygens (including phenoxy) is 1. The summed E-state index contributed by atoms with van der Waals surface area (Å²) >= 11 is 0. The van der Waals surface area contributed by atoms with Gasteiger partial charge in [-0.3, -0.25) is 14.5 Å². The summed E-state index contributed by atoms with van der Waals surface area (Å²) in [6, 6.07) is 8.15. The Kier molecular flexibility index (Phi) is 5.67. The van der Waals surface area contributed by atoms with Crippen molar-refractivity contribution in [3.8, 4) is 5.75 Å². The molecular formula is C25H35N3O3. The van der Waals surface area contributed by atoms with Crippen LogP contribution < -0.4 is 10.1 Å². The molecule has 31 heavy (non-hydrogen) atoms. The average molecular weight is 426 g/mol. The molecule has 4 aliphatic carbocycles. The second-order valence-electron chi connectivity index (χ2n) is 10.4. The van der Waals surface area contributed by atoms with Crippen LogP contribution in [0.2, 0.25) is 0 Å². The maximum atomic E-state index is 12.6. The number of nitrogens with one attached hydrogen (secondary N) is 1.